The Hall–Kier alpha value is -1.33. The van der Waals surface area contributed by atoms with Crippen molar-refractivity contribution in [3.8, 4) is 11.1 Å². The van der Waals surface area contributed by atoms with E-state index in [2.05, 4.69) is 27.8 Å². The number of unbranched alkanes of at least 4 members (excludes halogenated alkanes) is 2. The maximum atomic E-state index is 12.5. The zero-order chi connectivity index (χ0) is 15.4. The van der Waals surface area contributed by atoms with Gasteiger partial charge < -0.3 is 0 Å². The first-order chi connectivity index (χ1) is 10.0. The third-order valence-electron chi connectivity index (χ3n) is 3.26. The van der Waals surface area contributed by atoms with Crippen LogP contribution in [0.1, 0.15) is 26.2 Å². The van der Waals surface area contributed by atoms with Crippen molar-refractivity contribution in [1.29, 1.82) is 0 Å². The largest absolute Gasteiger partial charge is 0.329 e. The number of rotatable bonds is 5. The molecule has 1 heterocycles. The molecule has 0 aliphatic heterocycles. The Morgan fingerprint density at radius 3 is 2.48 bits per heavy atom. The number of hydrogen-bond donors (Lipinski definition) is 1. The highest BCUT2D eigenvalue weighted by atomic mass is 79.9. The van der Waals surface area contributed by atoms with Crippen molar-refractivity contribution in [2.24, 2.45) is 0 Å². The molecule has 0 unspecified atom stereocenters. The second kappa shape index (κ2) is 7.09. The van der Waals surface area contributed by atoms with Gasteiger partial charge in [0.2, 0.25) is 0 Å². The molecular formula is C15H16BrClN2O2. The fourth-order valence-electron chi connectivity index (χ4n) is 2.13. The molecule has 4 nitrogen and oxygen atoms in total. The molecule has 21 heavy (non-hydrogen) atoms. The monoisotopic (exact) mass is 370 g/mol. The summed E-state index contributed by atoms with van der Waals surface area (Å²) < 4.78 is 2.13. The summed E-state index contributed by atoms with van der Waals surface area (Å²) in [5.74, 6) is 0. The Balaban J connectivity index is 2.51. The van der Waals surface area contributed by atoms with Crippen LogP contribution >= 0.6 is 27.5 Å². The summed E-state index contributed by atoms with van der Waals surface area (Å²) in [6, 6.07) is 7.25. The summed E-state index contributed by atoms with van der Waals surface area (Å²) in [4.78, 5) is 27.0. The minimum atomic E-state index is -0.457. The van der Waals surface area contributed by atoms with Gasteiger partial charge in [0.15, 0.2) is 0 Å². The first-order valence-electron chi connectivity index (χ1n) is 6.83. The van der Waals surface area contributed by atoms with Gasteiger partial charge >= 0.3 is 5.69 Å². The number of benzene rings is 1. The van der Waals surface area contributed by atoms with E-state index in [1.165, 1.54) is 4.57 Å². The SMILES string of the molecule is CCCCCn1c(=O)[nH]c(Cl)c(-c2ccc(Br)cc2)c1=O. The minimum Gasteiger partial charge on any atom is -0.297 e. The second-order valence-corrected chi connectivity index (χ2v) is 6.08. The summed E-state index contributed by atoms with van der Waals surface area (Å²) >= 11 is 9.41. The molecule has 1 aromatic carbocycles. The van der Waals surface area contributed by atoms with E-state index in [0.717, 1.165) is 23.7 Å². The summed E-state index contributed by atoms with van der Waals surface area (Å²) in [6.07, 6.45) is 2.79. The van der Waals surface area contributed by atoms with E-state index in [1.807, 2.05) is 12.1 Å². The van der Waals surface area contributed by atoms with Gasteiger partial charge in [0, 0.05) is 11.0 Å². The highest BCUT2D eigenvalue weighted by Gasteiger charge is 2.14. The number of nitrogens with zero attached hydrogens (tertiary/aromatic N) is 1. The maximum Gasteiger partial charge on any atom is 0.329 e. The highest BCUT2D eigenvalue weighted by molar-refractivity contribution is 9.10. The van der Waals surface area contributed by atoms with Gasteiger partial charge in [0.25, 0.3) is 5.56 Å². The van der Waals surface area contributed by atoms with Crippen LogP contribution in [0, 0.1) is 0 Å². The van der Waals surface area contributed by atoms with Crippen molar-refractivity contribution in [3.05, 3.63) is 54.7 Å². The standard InChI is InChI=1S/C15H16BrClN2O2/c1-2-3-4-9-19-14(20)12(13(17)18-15(19)21)10-5-7-11(16)8-6-10/h5-8H,2-4,9H2,1H3,(H,18,21). The molecular weight excluding hydrogens is 356 g/mol. The molecule has 112 valence electrons. The van der Waals surface area contributed by atoms with Crippen molar-refractivity contribution in [2.45, 2.75) is 32.7 Å². The molecule has 0 spiro atoms. The lowest BCUT2D eigenvalue weighted by Gasteiger charge is -2.09. The van der Waals surface area contributed by atoms with Crippen LogP contribution in [0.15, 0.2) is 38.3 Å². The number of nitrogens with one attached hydrogen (secondary N) is 1. The van der Waals surface area contributed by atoms with Crippen LogP contribution < -0.4 is 11.2 Å². The van der Waals surface area contributed by atoms with Crippen LogP contribution in [0.25, 0.3) is 11.1 Å². The predicted octanol–water partition coefficient (Wildman–Crippen LogP) is 3.81. The summed E-state index contributed by atoms with van der Waals surface area (Å²) in [5, 5.41) is 0.0825. The maximum absolute atomic E-state index is 12.5. The fraction of sp³-hybridized carbons (Fsp3) is 0.333. The van der Waals surface area contributed by atoms with E-state index in [-0.39, 0.29) is 10.7 Å². The molecule has 0 radical (unpaired) electrons. The van der Waals surface area contributed by atoms with Crippen molar-refractivity contribution < 1.29 is 0 Å². The molecule has 2 aromatic rings. The van der Waals surface area contributed by atoms with Gasteiger partial charge in [0.1, 0.15) is 5.15 Å². The van der Waals surface area contributed by atoms with Gasteiger partial charge in [-0.15, -0.1) is 0 Å². The molecule has 0 fully saturated rings. The summed E-state index contributed by atoms with van der Waals surface area (Å²) in [5.41, 5.74) is 0.220. The number of H-pyrrole nitrogens is 1. The first-order valence-corrected chi connectivity index (χ1v) is 8.00. The Labute approximate surface area is 135 Å². The fourth-order valence-corrected chi connectivity index (χ4v) is 2.67. The Bertz CT molecular complexity index is 735. The van der Waals surface area contributed by atoms with Gasteiger partial charge in [0.05, 0.1) is 5.56 Å². The topological polar surface area (TPSA) is 54.9 Å². The molecule has 0 atom stereocenters. The third-order valence-corrected chi connectivity index (χ3v) is 4.07. The average Bonchev–Trinajstić information content (AvgIpc) is 2.44. The Morgan fingerprint density at radius 2 is 1.86 bits per heavy atom. The van der Waals surface area contributed by atoms with E-state index < -0.39 is 5.69 Å². The van der Waals surface area contributed by atoms with Gasteiger partial charge in [-0.25, -0.2) is 4.79 Å². The van der Waals surface area contributed by atoms with Gasteiger partial charge in [-0.3, -0.25) is 14.3 Å². The molecule has 1 aromatic heterocycles. The molecule has 0 saturated heterocycles. The van der Waals surface area contributed by atoms with E-state index in [4.69, 9.17) is 11.6 Å². The van der Waals surface area contributed by atoms with Crippen molar-refractivity contribution in [2.75, 3.05) is 0 Å². The molecule has 0 aliphatic rings. The van der Waals surface area contributed by atoms with Gasteiger partial charge in [-0.2, -0.15) is 0 Å². The Morgan fingerprint density at radius 1 is 1.19 bits per heavy atom. The van der Waals surface area contributed by atoms with Gasteiger partial charge in [-0.1, -0.05) is 59.4 Å². The second-order valence-electron chi connectivity index (χ2n) is 4.79. The van der Waals surface area contributed by atoms with Crippen molar-refractivity contribution in [1.82, 2.24) is 9.55 Å². The lowest BCUT2D eigenvalue weighted by molar-refractivity contribution is 0.564. The summed E-state index contributed by atoms with van der Waals surface area (Å²) in [6.45, 7) is 2.48. The smallest absolute Gasteiger partial charge is 0.297 e. The molecule has 0 aliphatic carbocycles. The van der Waals surface area contributed by atoms with Gasteiger partial charge in [-0.05, 0) is 24.1 Å². The highest BCUT2D eigenvalue weighted by Crippen LogP contribution is 2.23. The number of hydrogen-bond acceptors (Lipinski definition) is 2. The van der Waals surface area contributed by atoms with Crippen LogP contribution in [0.3, 0.4) is 0 Å². The lowest BCUT2D eigenvalue weighted by atomic mass is 10.1. The average molecular weight is 372 g/mol. The van der Waals surface area contributed by atoms with Crippen molar-refractivity contribution in [3.63, 3.8) is 0 Å². The summed E-state index contributed by atoms with van der Waals surface area (Å²) in [7, 11) is 0. The first kappa shape index (κ1) is 16.0. The predicted molar refractivity (Wildman–Crippen MR) is 89.0 cm³/mol. The number of aromatic amines is 1. The molecule has 1 N–H and O–H groups in total. The zero-order valence-electron chi connectivity index (χ0n) is 11.7. The van der Waals surface area contributed by atoms with Crippen LogP contribution in [0.2, 0.25) is 5.15 Å². The molecule has 0 amide bonds. The third kappa shape index (κ3) is 3.66. The van der Waals surface area contributed by atoms with E-state index in [9.17, 15) is 9.59 Å². The molecule has 0 saturated carbocycles. The van der Waals surface area contributed by atoms with E-state index in [0.29, 0.717) is 17.7 Å². The molecule has 0 bridgehead atoms. The van der Waals surface area contributed by atoms with Crippen molar-refractivity contribution >= 4 is 27.5 Å². The van der Waals surface area contributed by atoms with Crippen LogP contribution in [0.4, 0.5) is 0 Å². The quantitative estimate of drug-likeness (QED) is 0.642. The van der Waals surface area contributed by atoms with Crippen LogP contribution in [0.5, 0.6) is 0 Å². The normalized spacial score (nSPS) is 10.8. The minimum absolute atomic E-state index is 0.0825. The number of aromatic nitrogens is 2. The van der Waals surface area contributed by atoms with Crippen LogP contribution in [-0.2, 0) is 6.54 Å². The van der Waals surface area contributed by atoms with E-state index >= 15 is 0 Å². The van der Waals surface area contributed by atoms with E-state index in [1.54, 1.807) is 12.1 Å². The lowest BCUT2D eigenvalue weighted by Crippen LogP contribution is -2.36. The zero-order valence-corrected chi connectivity index (χ0v) is 14.0. The number of halogens is 2. The molecule has 2 rings (SSSR count). The van der Waals surface area contributed by atoms with Crippen LogP contribution in [-0.4, -0.2) is 9.55 Å². The molecule has 6 heteroatoms. The Kier molecular flexibility index (Phi) is 5.42.